The van der Waals surface area contributed by atoms with Gasteiger partial charge >= 0.3 is 23.9 Å². The third kappa shape index (κ3) is 8.03. The van der Waals surface area contributed by atoms with Crippen LogP contribution in [0.2, 0.25) is 0 Å². The number of hydrogen-bond donors (Lipinski definition) is 1. The van der Waals surface area contributed by atoms with Crippen molar-refractivity contribution >= 4 is 5.97 Å². The fourth-order valence-electron chi connectivity index (χ4n) is 1.37. The van der Waals surface area contributed by atoms with Gasteiger partial charge in [0.2, 0.25) is 0 Å². The van der Waals surface area contributed by atoms with Crippen LogP contribution in [-0.2, 0) is 28.5 Å². The van der Waals surface area contributed by atoms with Crippen molar-refractivity contribution in [3.63, 3.8) is 0 Å². The molecule has 0 bridgehead atoms. The molecule has 13 heteroatoms. The minimum atomic E-state index is -6.28. The summed E-state index contributed by atoms with van der Waals surface area (Å²) in [6.45, 7) is 0.0119. The maximum Gasteiger partial charge on any atom is 0.437 e. The van der Waals surface area contributed by atoms with Gasteiger partial charge in [-0.3, -0.25) is 0 Å². The summed E-state index contributed by atoms with van der Waals surface area (Å²) in [6, 6.07) is 0. The first-order valence-corrected chi connectivity index (χ1v) is 7.23. The second kappa shape index (κ2) is 11.5. The number of halogens is 6. The van der Waals surface area contributed by atoms with Crippen LogP contribution < -0.4 is 0 Å². The Bertz CT molecular complexity index is 385. The SMILES string of the molecule is COCCOCCOCCOCCOC(=O)C(O)(C(F)(F)F)C(F)(F)F. The van der Waals surface area contributed by atoms with Gasteiger partial charge in [-0.05, 0) is 0 Å². The highest BCUT2D eigenvalue weighted by Crippen LogP contribution is 2.43. The number of ether oxygens (including phenoxy) is 5. The number of rotatable bonds is 13. The molecule has 0 fully saturated rings. The Kier molecular flexibility index (Phi) is 11.0. The average Bonchev–Trinajstić information content (AvgIpc) is 2.52. The third-order valence-electron chi connectivity index (χ3n) is 2.75. The van der Waals surface area contributed by atoms with Gasteiger partial charge in [0, 0.05) is 7.11 Å². The molecule has 0 aliphatic carbocycles. The van der Waals surface area contributed by atoms with Crippen molar-refractivity contribution in [2.45, 2.75) is 18.0 Å². The average molecular weight is 402 g/mol. The van der Waals surface area contributed by atoms with Crippen LogP contribution >= 0.6 is 0 Å². The zero-order valence-electron chi connectivity index (χ0n) is 13.8. The van der Waals surface area contributed by atoms with Gasteiger partial charge in [0.1, 0.15) is 6.61 Å². The van der Waals surface area contributed by atoms with E-state index in [1.165, 1.54) is 7.11 Å². The second-order valence-electron chi connectivity index (χ2n) is 4.67. The van der Waals surface area contributed by atoms with Crippen molar-refractivity contribution in [1.82, 2.24) is 0 Å². The third-order valence-corrected chi connectivity index (χ3v) is 2.75. The Morgan fingerprint density at radius 2 is 1.08 bits per heavy atom. The van der Waals surface area contributed by atoms with E-state index < -0.39 is 37.1 Å². The Hall–Kier alpha value is -1.15. The first-order valence-electron chi connectivity index (χ1n) is 7.23. The highest BCUT2D eigenvalue weighted by atomic mass is 19.4. The topological polar surface area (TPSA) is 83.5 Å². The molecule has 0 amide bonds. The molecule has 0 aromatic heterocycles. The van der Waals surface area contributed by atoms with E-state index in [0.717, 1.165) is 0 Å². The molecule has 1 N–H and O–H groups in total. The van der Waals surface area contributed by atoms with E-state index in [9.17, 15) is 31.1 Å². The van der Waals surface area contributed by atoms with Gasteiger partial charge in [0.15, 0.2) is 0 Å². The lowest BCUT2D eigenvalue weighted by Gasteiger charge is -2.29. The number of aliphatic hydroxyl groups is 1. The van der Waals surface area contributed by atoms with Crippen LogP contribution in [-0.4, -0.2) is 89.0 Å². The van der Waals surface area contributed by atoms with Gasteiger partial charge in [-0.25, -0.2) is 4.79 Å². The fourth-order valence-corrected chi connectivity index (χ4v) is 1.37. The highest BCUT2D eigenvalue weighted by Gasteiger charge is 2.76. The number of esters is 1. The van der Waals surface area contributed by atoms with Gasteiger partial charge in [0.05, 0.1) is 46.2 Å². The van der Waals surface area contributed by atoms with Gasteiger partial charge in [-0.1, -0.05) is 0 Å². The normalized spacial score (nSPS) is 13.1. The smallest absolute Gasteiger partial charge is 0.437 e. The van der Waals surface area contributed by atoms with Crippen LogP contribution in [0.4, 0.5) is 26.3 Å². The van der Waals surface area contributed by atoms with Crippen LogP contribution in [0.25, 0.3) is 0 Å². The zero-order chi connectivity index (χ0) is 20.3. The summed E-state index contributed by atoms with van der Waals surface area (Å²) < 4.78 is 97.7. The number of carbonyl (C=O) groups excluding carboxylic acids is 1. The van der Waals surface area contributed by atoms with E-state index in [2.05, 4.69) is 4.74 Å². The van der Waals surface area contributed by atoms with E-state index >= 15 is 0 Å². The van der Waals surface area contributed by atoms with E-state index in [4.69, 9.17) is 24.1 Å². The van der Waals surface area contributed by atoms with Crippen LogP contribution in [0.3, 0.4) is 0 Å². The van der Waals surface area contributed by atoms with Crippen molar-refractivity contribution in [3.05, 3.63) is 0 Å². The standard InChI is InChI=1S/C13H20F6O7/c1-22-2-3-23-4-5-24-6-7-25-8-9-26-10(20)11(21,12(14,15)16)13(17,18)19/h21H,2-9H2,1H3. The maximum absolute atomic E-state index is 12.4. The van der Waals surface area contributed by atoms with Crippen LogP contribution in [0, 0.1) is 0 Å². The lowest BCUT2D eigenvalue weighted by Crippen LogP contribution is -2.63. The van der Waals surface area contributed by atoms with Gasteiger partial charge < -0.3 is 28.8 Å². The second-order valence-corrected chi connectivity index (χ2v) is 4.67. The number of hydrogen-bond acceptors (Lipinski definition) is 7. The quantitative estimate of drug-likeness (QED) is 0.280. The van der Waals surface area contributed by atoms with Crippen molar-refractivity contribution in [2.75, 3.05) is 60.0 Å². The lowest BCUT2D eigenvalue weighted by molar-refractivity contribution is -0.357. The predicted molar refractivity (Wildman–Crippen MR) is 72.4 cm³/mol. The predicted octanol–water partition coefficient (Wildman–Crippen LogP) is 1.08. The Balaban J connectivity index is 3.92. The zero-order valence-corrected chi connectivity index (χ0v) is 13.8. The maximum atomic E-state index is 12.4. The molecule has 0 unspecified atom stereocenters. The van der Waals surface area contributed by atoms with Crippen molar-refractivity contribution in [1.29, 1.82) is 0 Å². The van der Waals surface area contributed by atoms with E-state index in [1.807, 2.05) is 0 Å². The molecule has 26 heavy (non-hydrogen) atoms. The molecule has 0 radical (unpaired) electrons. The van der Waals surface area contributed by atoms with Gasteiger partial charge in [-0.2, -0.15) is 26.3 Å². The van der Waals surface area contributed by atoms with Crippen LogP contribution in [0.1, 0.15) is 0 Å². The number of carbonyl (C=O) groups is 1. The highest BCUT2D eigenvalue weighted by molar-refractivity contribution is 5.81. The summed E-state index contributed by atoms with van der Waals surface area (Å²) >= 11 is 0. The number of methoxy groups -OCH3 is 1. The molecule has 0 atom stereocenters. The van der Waals surface area contributed by atoms with E-state index in [0.29, 0.717) is 19.8 Å². The van der Waals surface area contributed by atoms with Crippen LogP contribution in [0.5, 0.6) is 0 Å². The summed E-state index contributed by atoms with van der Waals surface area (Å²) in [5.74, 6) is -2.87. The molecule has 0 heterocycles. The first-order chi connectivity index (χ1) is 12.0. The summed E-state index contributed by atoms with van der Waals surface area (Å²) in [7, 11) is 1.52. The molecule has 0 aromatic rings. The molecule has 0 aliphatic rings. The molecule has 0 saturated heterocycles. The molecule has 0 spiro atoms. The fraction of sp³-hybridized carbons (Fsp3) is 0.923. The summed E-state index contributed by atoms with van der Waals surface area (Å²) in [5, 5.41) is 8.72. The first kappa shape index (κ1) is 24.8. The lowest BCUT2D eigenvalue weighted by atomic mass is 10.0. The van der Waals surface area contributed by atoms with E-state index in [1.54, 1.807) is 0 Å². The summed E-state index contributed by atoms with van der Waals surface area (Å²) in [6.07, 6.45) is -12.6. The van der Waals surface area contributed by atoms with Crippen molar-refractivity contribution in [2.24, 2.45) is 0 Å². The number of alkyl halides is 6. The monoisotopic (exact) mass is 402 g/mol. The molecule has 7 nitrogen and oxygen atoms in total. The minimum Gasteiger partial charge on any atom is -0.461 e. The summed E-state index contributed by atoms with van der Waals surface area (Å²) in [5.41, 5.74) is -5.59. The molecule has 0 saturated carbocycles. The van der Waals surface area contributed by atoms with Crippen LogP contribution in [0.15, 0.2) is 0 Å². The van der Waals surface area contributed by atoms with Crippen molar-refractivity contribution < 1.29 is 59.9 Å². The largest absolute Gasteiger partial charge is 0.461 e. The molecule has 0 rings (SSSR count). The van der Waals surface area contributed by atoms with Gasteiger partial charge in [-0.15, -0.1) is 0 Å². The Labute approximate surface area is 145 Å². The Morgan fingerprint density at radius 3 is 1.42 bits per heavy atom. The summed E-state index contributed by atoms with van der Waals surface area (Å²) in [4.78, 5) is 11.0. The molecule has 0 aromatic carbocycles. The Morgan fingerprint density at radius 1 is 0.731 bits per heavy atom. The molecular weight excluding hydrogens is 382 g/mol. The van der Waals surface area contributed by atoms with Crippen molar-refractivity contribution in [3.8, 4) is 0 Å². The molecular formula is C13H20F6O7. The van der Waals surface area contributed by atoms with E-state index in [-0.39, 0.29) is 19.8 Å². The molecule has 0 aliphatic heterocycles. The van der Waals surface area contributed by atoms with Gasteiger partial charge in [0.25, 0.3) is 0 Å². The minimum absolute atomic E-state index is 0.0432. The molecule has 156 valence electrons.